The van der Waals surface area contributed by atoms with Crippen LogP contribution in [-0.2, 0) is 14.3 Å². The Kier molecular flexibility index (Phi) is 6.63. The number of carbonyl (C=O) groups excluding carboxylic acids is 2. The van der Waals surface area contributed by atoms with Gasteiger partial charge in [-0.15, -0.1) is 0 Å². The number of rotatable bonds is 5. The molecule has 0 saturated carbocycles. The number of halogens is 1. The third-order valence-electron chi connectivity index (χ3n) is 4.71. The standard InChI is InChI=1S/C18H25ClN2O3/c1-4-24-18(23)14-7-6-10-21(11-14)13(3)17(22)20-16-9-5-8-15(19)12(16)2/h5,8-9,13-14H,4,6-7,10-11H2,1-3H3,(H,20,22)/p+1/t13-,14-/m0/s1. The maximum absolute atomic E-state index is 12.6. The molecular formula is C18H26ClN2O3+. The van der Waals surface area contributed by atoms with Gasteiger partial charge >= 0.3 is 5.97 Å². The van der Waals surface area contributed by atoms with Gasteiger partial charge in [-0.1, -0.05) is 17.7 Å². The van der Waals surface area contributed by atoms with E-state index in [2.05, 4.69) is 5.32 Å². The molecule has 1 aromatic carbocycles. The first kappa shape index (κ1) is 18.7. The molecular weight excluding hydrogens is 328 g/mol. The van der Waals surface area contributed by atoms with E-state index in [4.69, 9.17) is 16.3 Å². The summed E-state index contributed by atoms with van der Waals surface area (Å²) in [5, 5.41) is 3.59. The fraction of sp³-hybridized carbons (Fsp3) is 0.556. The number of quaternary nitrogens is 1. The van der Waals surface area contributed by atoms with Crippen molar-refractivity contribution in [1.82, 2.24) is 0 Å². The Balaban J connectivity index is 1.99. The van der Waals surface area contributed by atoms with Crippen LogP contribution in [0.25, 0.3) is 0 Å². The van der Waals surface area contributed by atoms with Gasteiger partial charge in [0.25, 0.3) is 5.91 Å². The zero-order valence-corrected chi connectivity index (χ0v) is 15.3. The summed E-state index contributed by atoms with van der Waals surface area (Å²) >= 11 is 6.10. The highest BCUT2D eigenvalue weighted by atomic mass is 35.5. The molecule has 0 radical (unpaired) electrons. The average Bonchev–Trinajstić information content (AvgIpc) is 2.58. The highest BCUT2D eigenvalue weighted by molar-refractivity contribution is 6.31. The summed E-state index contributed by atoms with van der Waals surface area (Å²) in [6.45, 7) is 7.52. The maximum atomic E-state index is 12.6. The van der Waals surface area contributed by atoms with Crippen LogP contribution < -0.4 is 10.2 Å². The third-order valence-corrected chi connectivity index (χ3v) is 5.12. The summed E-state index contributed by atoms with van der Waals surface area (Å²) in [6, 6.07) is 5.23. The molecule has 2 N–H and O–H groups in total. The van der Waals surface area contributed by atoms with Crippen LogP contribution in [0.4, 0.5) is 5.69 Å². The second kappa shape index (κ2) is 8.49. The van der Waals surface area contributed by atoms with E-state index in [1.807, 2.05) is 32.9 Å². The molecule has 1 saturated heterocycles. The van der Waals surface area contributed by atoms with Crippen molar-refractivity contribution in [3.63, 3.8) is 0 Å². The maximum Gasteiger partial charge on any atom is 0.314 e. The minimum absolute atomic E-state index is 0.0557. The van der Waals surface area contributed by atoms with Crippen LogP contribution in [0.15, 0.2) is 18.2 Å². The highest BCUT2D eigenvalue weighted by Crippen LogP contribution is 2.22. The number of anilines is 1. The van der Waals surface area contributed by atoms with Crippen LogP contribution in [-0.4, -0.2) is 37.6 Å². The van der Waals surface area contributed by atoms with Gasteiger partial charge < -0.3 is 15.0 Å². The molecule has 0 spiro atoms. The number of benzene rings is 1. The van der Waals surface area contributed by atoms with Crippen LogP contribution in [0, 0.1) is 12.8 Å². The van der Waals surface area contributed by atoms with E-state index in [0.29, 0.717) is 18.2 Å². The lowest BCUT2D eigenvalue weighted by Crippen LogP contribution is -3.18. The van der Waals surface area contributed by atoms with Gasteiger partial charge in [-0.2, -0.15) is 0 Å². The van der Waals surface area contributed by atoms with Gasteiger partial charge in [0.2, 0.25) is 0 Å². The molecule has 24 heavy (non-hydrogen) atoms. The first-order valence-electron chi connectivity index (χ1n) is 8.51. The fourth-order valence-corrected chi connectivity index (χ4v) is 3.29. The smallest absolute Gasteiger partial charge is 0.314 e. The topological polar surface area (TPSA) is 59.8 Å². The van der Waals surface area contributed by atoms with Gasteiger partial charge in [0.1, 0.15) is 5.92 Å². The van der Waals surface area contributed by atoms with Crippen LogP contribution in [0.5, 0.6) is 0 Å². The Bertz CT molecular complexity index is 606. The zero-order chi connectivity index (χ0) is 17.7. The van der Waals surface area contributed by atoms with Gasteiger partial charge in [-0.25, -0.2) is 0 Å². The minimum atomic E-state index is -0.236. The van der Waals surface area contributed by atoms with Crippen molar-refractivity contribution < 1.29 is 19.2 Å². The van der Waals surface area contributed by atoms with Crippen molar-refractivity contribution in [2.75, 3.05) is 25.0 Å². The minimum Gasteiger partial charge on any atom is -0.466 e. The Hall–Kier alpha value is -1.59. The number of likely N-dealkylation sites (tertiary alicyclic amines) is 1. The molecule has 0 aliphatic carbocycles. The van der Waals surface area contributed by atoms with Crippen molar-refractivity contribution in [2.24, 2.45) is 5.92 Å². The van der Waals surface area contributed by atoms with Crippen LogP contribution >= 0.6 is 11.6 Å². The van der Waals surface area contributed by atoms with E-state index in [-0.39, 0.29) is 23.8 Å². The predicted molar refractivity (Wildman–Crippen MR) is 94.3 cm³/mol. The number of hydrogen-bond donors (Lipinski definition) is 2. The summed E-state index contributed by atoms with van der Waals surface area (Å²) in [5.74, 6) is -0.315. The van der Waals surface area contributed by atoms with Gasteiger partial charge in [-0.05, 0) is 51.3 Å². The SMILES string of the molecule is CCOC(=O)[C@H]1CCC[NH+]([C@@H](C)C(=O)Nc2cccc(Cl)c2C)C1. The van der Waals surface area contributed by atoms with Gasteiger partial charge in [0.05, 0.1) is 19.7 Å². The molecule has 2 rings (SSSR count). The van der Waals surface area contributed by atoms with Crippen molar-refractivity contribution in [3.8, 4) is 0 Å². The Morgan fingerprint density at radius 2 is 2.21 bits per heavy atom. The second-order valence-corrected chi connectivity index (χ2v) is 6.73. The van der Waals surface area contributed by atoms with Crippen molar-refractivity contribution in [3.05, 3.63) is 28.8 Å². The highest BCUT2D eigenvalue weighted by Gasteiger charge is 2.35. The number of amides is 1. The fourth-order valence-electron chi connectivity index (χ4n) is 3.12. The molecule has 1 unspecified atom stereocenters. The summed E-state index contributed by atoms with van der Waals surface area (Å²) in [4.78, 5) is 25.7. The lowest BCUT2D eigenvalue weighted by Gasteiger charge is -2.32. The molecule has 0 aromatic heterocycles. The summed E-state index contributed by atoms with van der Waals surface area (Å²) in [5.41, 5.74) is 1.59. The van der Waals surface area contributed by atoms with E-state index in [1.54, 1.807) is 6.07 Å². The zero-order valence-electron chi connectivity index (χ0n) is 14.5. The molecule has 132 valence electrons. The predicted octanol–water partition coefficient (Wildman–Crippen LogP) is 1.83. The second-order valence-electron chi connectivity index (χ2n) is 6.33. The van der Waals surface area contributed by atoms with Crippen LogP contribution in [0.3, 0.4) is 0 Å². The monoisotopic (exact) mass is 353 g/mol. The molecule has 1 aromatic rings. The van der Waals surface area contributed by atoms with Crippen molar-refractivity contribution >= 4 is 29.2 Å². The van der Waals surface area contributed by atoms with Crippen LogP contribution in [0.2, 0.25) is 5.02 Å². The number of esters is 1. The largest absolute Gasteiger partial charge is 0.466 e. The molecule has 1 aliphatic rings. The summed E-state index contributed by atoms with van der Waals surface area (Å²) in [6.07, 6.45) is 1.76. The lowest BCUT2D eigenvalue weighted by molar-refractivity contribution is -0.921. The number of hydrogen-bond acceptors (Lipinski definition) is 3. The molecule has 1 heterocycles. The number of nitrogens with one attached hydrogen (secondary N) is 2. The van der Waals surface area contributed by atoms with Gasteiger partial charge in [0.15, 0.2) is 6.04 Å². The first-order valence-corrected chi connectivity index (χ1v) is 8.89. The van der Waals surface area contributed by atoms with Crippen molar-refractivity contribution in [2.45, 2.75) is 39.7 Å². The molecule has 1 aliphatic heterocycles. The van der Waals surface area contributed by atoms with Crippen LogP contribution in [0.1, 0.15) is 32.3 Å². The molecule has 3 atom stereocenters. The molecule has 0 bridgehead atoms. The summed E-state index contributed by atoms with van der Waals surface area (Å²) in [7, 11) is 0. The quantitative estimate of drug-likeness (QED) is 0.794. The van der Waals surface area contributed by atoms with Gasteiger partial charge in [-0.3, -0.25) is 9.59 Å². The van der Waals surface area contributed by atoms with E-state index in [0.717, 1.165) is 35.5 Å². The molecule has 1 amide bonds. The van der Waals surface area contributed by atoms with E-state index >= 15 is 0 Å². The number of carbonyl (C=O) groups is 2. The Morgan fingerprint density at radius 3 is 2.92 bits per heavy atom. The molecule has 6 heteroatoms. The van der Waals surface area contributed by atoms with E-state index in [9.17, 15) is 9.59 Å². The lowest BCUT2D eigenvalue weighted by atomic mass is 9.97. The van der Waals surface area contributed by atoms with E-state index in [1.165, 1.54) is 0 Å². The normalized spacial score (nSPS) is 21.8. The summed E-state index contributed by atoms with van der Waals surface area (Å²) < 4.78 is 5.13. The van der Waals surface area contributed by atoms with E-state index < -0.39 is 0 Å². The van der Waals surface area contributed by atoms with Crippen molar-refractivity contribution in [1.29, 1.82) is 0 Å². The number of ether oxygens (including phenoxy) is 1. The molecule has 5 nitrogen and oxygen atoms in total. The third kappa shape index (κ3) is 4.48. The number of piperidine rings is 1. The average molecular weight is 354 g/mol. The Morgan fingerprint density at radius 1 is 1.46 bits per heavy atom. The van der Waals surface area contributed by atoms with Gasteiger partial charge in [0, 0.05) is 10.7 Å². The Labute approximate surface area is 148 Å². The first-order chi connectivity index (χ1) is 11.4. The molecule has 1 fully saturated rings.